The molecule has 0 bridgehead atoms. The van der Waals surface area contributed by atoms with Crippen molar-refractivity contribution in [1.82, 2.24) is 10.2 Å². The fourth-order valence-electron chi connectivity index (χ4n) is 2.00. The number of nitrogens with one attached hydrogen (secondary N) is 1. The Labute approximate surface area is 116 Å². The van der Waals surface area contributed by atoms with Crippen molar-refractivity contribution in [1.29, 1.82) is 0 Å². The van der Waals surface area contributed by atoms with Gasteiger partial charge in [-0.05, 0) is 38.5 Å². The van der Waals surface area contributed by atoms with Crippen LogP contribution < -0.4 is 11.1 Å². The molecule has 1 aromatic carbocycles. The number of carbonyl (C=O) groups is 1. The van der Waals surface area contributed by atoms with Crippen molar-refractivity contribution in [2.75, 3.05) is 26.7 Å². The maximum atomic E-state index is 12.3. The largest absolute Gasteiger partial charge is 0.354 e. The van der Waals surface area contributed by atoms with E-state index in [0.717, 1.165) is 24.9 Å². The second kappa shape index (κ2) is 8.67. The third-order valence-corrected chi connectivity index (χ3v) is 3.23. The fraction of sp³-hybridized carbons (Fsp3) is 0.533. The van der Waals surface area contributed by atoms with Crippen molar-refractivity contribution in [3.63, 3.8) is 0 Å². The molecule has 0 aliphatic rings. The third kappa shape index (κ3) is 5.01. The minimum Gasteiger partial charge on any atom is -0.354 e. The summed E-state index contributed by atoms with van der Waals surface area (Å²) < 4.78 is 0. The first-order valence-corrected chi connectivity index (χ1v) is 6.93. The quantitative estimate of drug-likeness (QED) is 0.699. The van der Waals surface area contributed by atoms with Gasteiger partial charge in [-0.1, -0.05) is 37.3 Å². The molecule has 1 unspecified atom stereocenters. The van der Waals surface area contributed by atoms with Gasteiger partial charge in [-0.3, -0.25) is 9.69 Å². The highest BCUT2D eigenvalue weighted by Crippen LogP contribution is 2.19. The predicted octanol–water partition coefficient (Wildman–Crippen LogP) is 1.53. The molecule has 106 valence electrons. The highest BCUT2D eigenvalue weighted by atomic mass is 16.2. The van der Waals surface area contributed by atoms with E-state index in [9.17, 15) is 4.79 Å². The first-order chi connectivity index (χ1) is 9.20. The van der Waals surface area contributed by atoms with Gasteiger partial charge < -0.3 is 11.1 Å². The van der Waals surface area contributed by atoms with Gasteiger partial charge in [0.25, 0.3) is 0 Å². The summed E-state index contributed by atoms with van der Waals surface area (Å²) in [5.74, 6) is 0.0626. The van der Waals surface area contributed by atoms with E-state index in [1.54, 1.807) is 0 Å². The van der Waals surface area contributed by atoms with E-state index < -0.39 is 0 Å². The lowest BCUT2D eigenvalue weighted by atomic mass is 10.0. The maximum Gasteiger partial charge on any atom is 0.241 e. The number of likely N-dealkylation sites (N-methyl/N-ethyl adjacent to an activating group) is 1. The number of rotatable bonds is 8. The average Bonchev–Trinajstić information content (AvgIpc) is 2.45. The summed E-state index contributed by atoms with van der Waals surface area (Å²) in [5, 5.41) is 3.00. The van der Waals surface area contributed by atoms with E-state index in [4.69, 9.17) is 5.73 Å². The Kier molecular flexibility index (Phi) is 7.15. The van der Waals surface area contributed by atoms with Crippen LogP contribution in [0.3, 0.4) is 0 Å². The van der Waals surface area contributed by atoms with Crippen LogP contribution in [0.25, 0.3) is 0 Å². The molecular weight excluding hydrogens is 238 g/mol. The van der Waals surface area contributed by atoms with Gasteiger partial charge in [-0.2, -0.15) is 0 Å². The normalized spacial score (nSPS) is 12.4. The van der Waals surface area contributed by atoms with Crippen LogP contribution >= 0.6 is 0 Å². The zero-order valence-corrected chi connectivity index (χ0v) is 11.9. The number of nitrogens with two attached hydrogens (primary N) is 1. The minimum absolute atomic E-state index is 0.0626. The van der Waals surface area contributed by atoms with Gasteiger partial charge in [0, 0.05) is 6.54 Å². The van der Waals surface area contributed by atoms with Gasteiger partial charge in [0.15, 0.2) is 0 Å². The van der Waals surface area contributed by atoms with Crippen molar-refractivity contribution < 1.29 is 4.79 Å². The zero-order valence-electron chi connectivity index (χ0n) is 11.9. The van der Waals surface area contributed by atoms with Crippen molar-refractivity contribution in [2.45, 2.75) is 25.8 Å². The topological polar surface area (TPSA) is 58.4 Å². The summed E-state index contributed by atoms with van der Waals surface area (Å²) in [7, 11) is 1.97. The lowest BCUT2D eigenvalue weighted by molar-refractivity contribution is -0.126. The summed E-state index contributed by atoms with van der Waals surface area (Å²) >= 11 is 0. The summed E-state index contributed by atoms with van der Waals surface area (Å²) in [4.78, 5) is 14.4. The molecule has 4 heteroatoms. The van der Waals surface area contributed by atoms with Crippen LogP contribution in [0.4, 0.5) is 0 Å². The highest BCUT2D eigenvalue weighted by Gasteiger charge is 2.23. The van der Waals surface area contributed by atoms with Crippen molar-refractivity contribution in [3.8, 4) is 0 Å². The molecule has 0 aliphatic carbocycles. The molecule has 4 nitrogen and oxygen atoms in total. The number of carbonyl (C=O) groups excluding carboxylic acids is 1. The molecule has 1 atom stereocenters. The number of hydrogen-bond donors (Lipinski definition) is 2. The van der Waals surface area contributed by atoms with Gasteiger partial charge in [0.2, 0.25) is 5.91 Å². The zero-order chi connectivity index (χ0) is 14.1. The lowest BCUT2D eigenvalue weighted by Crippen LogP contribution is -2.39. The van der Waals surface area contributed by atoms with Crippen molar-refractivity contribution >= 4 is 5.91 Å². The highest BCUT2D eigenvalue weighted by molar-refractivity contribution is 5.83. The van der Waals surface area contributed by atoms with Crippen molar-refractivity contribution in [2.24, 2.45) is 5.73 Å². The fourth-order valence-corrected chi connectivity index (χ4v) is 2.00. The summed E-state index contributed by atoms with van der Waals surface area (Å²) in [6.45, 7) is 4.25. The Morgan fingerprint density at radius 2 is 2.00 bits per heavy atom. The molecule has 0 saturated heterocycles. The first-order valence-electron chi connectivity index (χ1n) is 6.93. The van der Waals surface area contributed by atoms with Gasteiger partial charge in [0.1, 0.15) is 6.04 Å². The molecule has 0 saturated carbocycles. The van der Waals surface area contributed by atoms with E-state index in [1.807, 2.05) is 42.3 Å². The molecule has 0 heterocycles. The van der Waals surface area contributed by atoms with E-state index in [-0.39, 0.29) is 11.9 Å². The SMILES string of the molecule is CCN(C)C(C(=O)NCCCCN)c1ccccc1. The summed E-state index contributed by atoms with van der Waals surface area (Å²) in [5.41, 5.74) is 6.48. The monoisotopic (exact) mass is 263 g/mol. The summed E-state index contributed by atoms with van der Waals surface area (Å²) in [6, 6.07) is 9.67. The standard InChI is InChI=1S/C15H25N3O/c1-3-18(2)14(13-9-5-4-6-10-13)15(19)17-12-8-7-11-16/h4-6,9-10,14H,3,7-8,11-12,16H2,1-2H3,(H,17,19). The average molecular weight is 263 g/mol. The smallest absolute Gasteiger partial charge is 0.241 e. The Hall–Kier alpha value is -1.39. The molecule has 0 aromatic heterocycles. The molecule has 1 rings (SSSR count). The van der Waals surface area contributed by atoms with E-state index in [0.29, 0.717) is 13.1 Å². The molecule has 0 fully saturated rings. The number of benzene rings is 1. The molecule has 3 N–H and O–H groups in total. The summed E-state index contributed by atoms with van der Waals surface area (Å²) in [6.07, 6.45) is 1.87. The minimum atomic E-state index is -0.218. The molecule has 0 spiro atoms. The predicted molar refractivity (Wildman–Crippen MR) is 78.8 cm³/mol. The van der Waals surface area contributed by atoms with Crippen LogP contribution in [0.15, 0.2) is 30.3 Å². The Morgan fingerprint density at radius 1 is 1.32 bits per heavy atom. The van der Waals surface area contributed by atoms with Crippen LogP contribution in [0, 0.1) is 0 Å². The van der Waals surface area contributed by atoms with Crippen LogP contribution in [-0.2, 0) is 4.79 Å². The van der Waals surface area contributed by atoms with Crippen LogP contribution in [0.2, 0.25) is 0 Å². The molecule has 0 aliphatic heterocycles. The van der Waals surface area contributed by atoms with E-state index >= 15 is 0 Å². The lowest BCUT2D eigenvalue weighted by Gasteiger charge is -2.26. The van der Waals surface area contributed by atoms with Crippen LogP contribution in [0.5, 0.6) is 0 Å². The van der Waals surface area contributed by atoms with E-state index in [1.165, 1.54) is 0 Å². The third-order valence-electron chi connectivity index (χ3n) is 3.23. The molecule has 1 amide bonds. The van der Waals surface area contributed by atoms with Gasteiger partial charge in [0.05, 0.1) is 0 Å². The number of unbranched alkanes of at least 4 members (excludes halogenated alkanes) is 1. The molecule has 19 heavy (non-hydrogen) atoms. The molecule has 1 aromatic rings. The van der Waals surface area contributed by atoms with Gasteiger partial charge in [-0.25, -0.2) is 0 Å². The number of amides is 1. The number of nitrogens with zero attached hydrogens (tertiary/aromatic N) is 1. The van der Waals surface area contributed by atoms with Crippen LogP contribution in [0.1, 0.15) is 31.4 Å². The van der Waals surface area contributed by atoms with E-state index in [2.05, 4.69) is 12.2 Å². The first kappa shape index (κ1) is 15.7. The number of hydrogen-bond acceptors (Lipinski definition) is 3. The maximum absolute atomic E-state index is 12.3. The molecule has 0 radical (unpaired) electrons. The van der Waals surface area contributed by atoms with Crippen LogP contribution in [-0.4, -0.2) is 37.5 Å². The Bertz CT molecular complexity index is 367. The van der Waals surface area contributed by atoms with Gasteiger partial charge >= 0.3 is 0 Å². The second-order valence-electron chi connectivity index (χ2n) is 4.67. The second-order valence-corrected chi connectivity index (χ2v) is 4.67. The van der Waals surface area contributed by atoms with Crippen molar-refractivity contribution in [3.05, 3.63) is 35.9 Å². The Balaban J connectivity index is 2.67. The Morgan fingerprint density at radius 3 is 2.58 bits per heavy atom. The van der Waals surface area contributed by atoms with Gasteiger partial charge in [-0.15, -0.1) is 0 Å². The molecular formula is C15H25N3O.